The molecule has 192 valence electrons. The molecule has 7 atom stereocenters. The van der Waals surface area contributed by atoms with Crippen LogP contribution in [0.25, 0.3) is 0 Å². The van der Waals surface area contributed by atoms with E-state index in [1.54, 1.807) is 0 Å². The highest BCUT2D eigenvalue weighted by Crippen LogP contribution is 2.53. The first-order valence-electron chi connectivity index (χ1n) is 12.3. The second kappa shape index (κ2) is 9.93. The molecule has 4 aliphatic heterocycles. The van der Waals surface area contributed by atoms with Crippen LogP contribution in [-0.4, -0.2) is 81.3 Å². The third-order valence-corrected chi connectivity index (χ3v) is 9.31. The highest BCUT2D eigenvalue weighted by Gasteiger charge is 2.60. The minimum atomic E-state index is -1.11. The van der Waals surface area contributed by atoms with E-state index in [1.165, 1.54) is 23.6 Å². The number of hydrogen-bond acceptors (Lipinski definition) is 7. The SMILES string of the molecule is CC(=O)C[C@H](C)[C@H]1C(=O)N2C(C(=O)O)=C(S[C@@H]3CN[C@H](C(=O)N4CC[C@H](CC(=N)N)C4)C3)[C@H](C)[C@H]12. The summed E-state index contributed by atoms with van der Waals surface area (Å²) in [4.78, 5) is 53.7. The normalized spacial score (nSPS) is 33.1. The Balaban J connectivity index is 1.41. The maximum Gasteiger partial charge on any atom is 0.353 e. The lowest BCUT2D eigenvalue weighted by molar-refractivity contribution is -0.160. The van der Waals surface area contributed by atoms with Crippen molar-refractivity contribution < 1.29 is 24.3 Å². The molecule has 4 aliphatic rings. The maximum atomic E-state index is 13.0. The molecular weight excluding hydrogens is 470 g/mol. The van der Waals surface area contributed by atoms with E-state index in [0.717, 1.165) is 6.42 Å². The van der Waals surface area contributed by atoms with Crippen molar-refractivity contribution in [2.45, 2.75) is 63.8 Å². The van der Waals surface area contributed by atoms with Gasteiger partial charge in [0.1, 0.15) is 11.5 Å². The Hall–Kier alpha value is -2.40. The number of nitrogens with one attached hydrogen (secondary N) is 2. The number of nitrogens with zero attached hydrogens (tertiary/aromatic N) is 2. The van der Waals surface area contributed by atoms with Gasteiger partial charge in [-0.1, -0.05) is 13.8 Å². The molecule has 4 heterocycles. The molecule has 0 aliphatic carbocycles. The Labute approximate surface area is 209 Å². The second-order valence-electron chi connectivity index (χ2n) is 10.5. The molecule has 0 spiro atoms. The van der Waals surface area contributed by atoms with Crippen molar-refractivity contribution in [3.05, 3.63) is 10.6 Å². The molecule has 3 fully saturated rings. The number of thioether (sulfide) groups is 1. The minimum absolute atomic E-state index is 0.0215. The molecule has 5 N–H and O–H groups in total. The summed E-state index contributed by atoms with van der Waals surface area (Å²) in [6.45, 7) is 7.21. The molecule has 10 nitrogen and oxygen atoms in total. The Morgan fingerprint density at radius 1 is 1.34 bits per heavy atom. The van der Waals surface area contributed by atoms with Crippen LogP contribution < -0.4 is 11.1 Å². The number of nitrogens with two attached hydrogens (primary N) is 1. The first-order valence-corrected chi connectivity index (χ1v) is 13.2. The van der Waals surface area contributed by atoms with Crippen LogP contribution >= 0.6 is 11.8 Å². The van der Waals surface area contributed by atoms with E-state index in [-0.39, 0.29) is 70.1 Å². The number of β-lactam (4-membered cyclic amide) rings is 1. The Kier molecular flexibility index (Phi) is 7.28. The van der Waals surface area contributed by atoms with Gasteiger partial charge in [0.15, 0.2) is 0 Å². The van der Waals surface area contributed by atoms with Gasteiger partial charge in [0.25, 0.3) is 0 Å². The predicted octanol–water partition coefficient (Wildman–Crippen LogP) is 1.01. The van der Waals surface area contributed by atoms with Crippen LogP contribution in [0.3, 0.4) is 0 Å². The topological polar surface area (TPSA) is 157 Å². The largest absolute Gasteiger partial charge is 0.477 e. The molecular formula is C24H35N5O5S. The van der Waals surface area contributed by atoms with Crippen LogP contribution in [0.5, 0.6) is 0 Å². The highest BCUT2D eigenvalue weighted by atomic mass is 32.2. The molecule has 0 bridgehead atoms. The summed E-state index contributed by atoms with van der Waals surface area (Å²) in [5.41, 5.74) is 5.57. The fraction of sp³-hybridized carbons (Fsp3) is 0.708. The van der Waals surface area contributed by atoms with E-state index in [1.807, 2.05) is 18.7 Å². The fourth-order valence-electron chi connectivity index (χ4n) is 6.24. The van der Waals surface area contributed by atoms with E-state index in [4.69, 9.17) is 11.1 Å². The van der Waals surface area contributed by atoms with Crippen molar-refractivity contribution >= 4 is 41.2 Å². The Morgan fingerprint density at radius 2 is 2.06 bits per heavy atom. The zero-order valence-corrected chi connectivity index (χ0v) is 21.3. The smallest absolute Gasteiger partial charge is 0.353 e. The summed E-state index contributed by atoms with van der Waals surface area (Å²) in [5.74, 6) is -1.50. The van der Waals surface area contributed by atoms with Crippen molar-refractivity contribution in [3.8, 4) is 0 Å². The Morgan fingerprint density at radius 3 is 2.69 bits per heavy atom. The van der Waals surface area contributed by atoms with Crippen LogP contribution in [0.4, 0.5) is 0 Å². The average Bonchev–Trinajstić information content (AvgIpc) is 3.46. The first-order chi connectivity index (χ1) is 16.5. The molecule has 2 amide bonds. The third kappa shape index (κ3) is 4.84. The fourth-order valence-corrected chi connectivity index (χ4v) is 7.72. The summed E-state index contributed by atoms with van der Waals surface area (Å²) < 4.78 is 0. The van der Waals surface area contributed by atoms with Gasteiger partial charge in [0, 0.05) is 48.5 Å². The molecule has 0 saturated carbocycles. The summed E-state index contributed by atoms with van der Waals surface area (Å²) in [6, 6.07) is -0.559. The summed E-state index contributed by atoms with van der Waals surface area (Å²) in [7, 11) is 0. The average molecular weight is 506 g/mol. The lowest BCUT2D eigenvalue weighted by atomic mass is 9.73. The third-order valence-electron chi connectivity index (χ3n) is 7.80. The van der Waals surface area contributed by atoms with Gasteiger partial charge in [-0.25, -0.2) is 4.79 Å². The standard InChI is InChI=1S/C24H35N5O5S/c1-11(6-12(2)30)18-19-13(3)21(20(24(33)34)29(19)23(18)32)35-15-8-16(27-9-15)22(31)28-5-4-14(10-28)7-17(25)26/h11,13-16,18-19,27H,4-10H2,1-3H3,(H3,25,26)(H,33,34)/t11-,13+,14+,15-,16-,18+,19+/m0/s1. The number of carboxylic acids is 1. The van der Waals surface area contributed by atoms with Crippen molar-refractivity contribution in [2.24, 2.45) is 29.4 Å². The quantitative estimate of drug-likeness (QED) is 0.205. The molecule has 0 aromatic heterocycles. The second-order valence-corrected chi connectivity index (χ2v) is 11.9. The lowest BCUT2D eigenvalue weighted by Crippen LogP contribution is -2.62. The maximum absolute atomic E-state index is 13.0. The molecule has 11 heteroatoms. The van der Waals surface area contributed by atoms with Crippen molar-refractivity contribution in [3.63, 3.8) is 0 Å². The van der Waals surface area contributed by atoms with E-state index >= 15 is 0 Å². The van der Waals surface area contributed by atoms with Crippen LogP contribution in [0.1, 0.15) is 46.5 Å². The van der Waals surface area contributed by atoms with Crippen molar-refractivity contribution in [1.29, 1.82) is 5.41 Å². The number of amidine groups is 1. The van der Waals surface area contributed by atoms with Crippen molar-refractivity contribution in [2.75, 3.05) is 19.6 Å². The number of carbonyl (C=O) groups excluding carboxylic acids is 3. The van der Waals surface area contributed by atoms with Crippen LogP contribution in [0, 0.1) is 29.1 Å². The number of amides is 2. The number of likely N-dealkylation sites (tertiary alicyclic amines) is 1. The number of fused-ring (bicyclic) bond motifs is 1. The lowest BCUT2D eigenvalue weighted by Gasteiger charge is -2.47. The first kappa shape index (κ1) is 25.7. The molecule has 0 aromatic carbocycles. The van der Waals surface area contributed by atoms with Crippen molar-refractivity contribution in [1.82, 2.24) is 15.1 Å². The number of carbonyl (C=O) groups is 4. The molecule has 4 rings (SSSR count). The number of carboxylic acid groups (broad SMARTS) is 1. The molecule has 0 unspecified atom stereocenters. The van der Waals surface area contributed by atoms with E-state index < -0.39 is 5.97 Å². The van der Waals surface area contributed by atoms with E-state index in [0.29, 0.717) is 43.8 Å². The Bertz CT molecular complexity index is 983. The number of rotatable bonds is 9. The summed E-state index contributed by atoms with van der Waals surface area (Å²) >= 11 is 1.47. The monoisotopic (exact) mass is 505 g/mol. The van der Waals surface area contributed by atoms with Gasteiger partial charge in [0.05, 0.1) is 23.8 Å². The van der Waals surface area contributed by atoms with Crippen LogP contribution in [0.15, 0.2) is 10.6 Å². The molecule has 0 aromatic rings. The van der Waals surface area contributed by atoms with Gasteiger partial charge in [0.2, 0.25) is 11.8 Å². The van der Waals surface area contributed by atoms with Gasteiger partial charge in [-0.15, -0.1) is 11.8 Å². The number of aliphatic carboxylic acids is 1. The van der Waals surface area contributed by atoms with Gasteiger partial charge in [-0.3, -0.25) is 15.0 Å². The van der Waals surface area contributed by atoms with Gasteiger partial charge in [-0.2, -0.15) is 0 Å². The zero-order valence-electron chi connectivity index (χ0n) is 20.5. The molecule has 0 radical (unpaired) electrons. The van der Waals surface area contributed by atoms with E-state index in [9.17, 15) is 24.3 Å². The zero-order chi connectivity index (χ0) is 25.6. The minimum Gasteiger partial charge on any atom is -0.477 e. The molecule has 3 saturated heterocycles. The van der Waals surface area contributed by atoms with Crippen LogP contribution in [0.2, 0.25) is 0 Å². The molecule has 35 heavy (non-hydrogen) atoms. The van der Waals surface area contributed by atoms with Crippen LogP contribution in [-0.2, 0) is 19.2 Å². The number of hydrogen-bond donors (Lipinski definition) is 4. The van der Waals surface area contributed by atoms with Gasteiger partial charge < -0.3 is 30.8 Å². The predicted molar refractivity (Wildman–Crippen MR) is 131 cm³/mol. The number of ketones is 1. The highest BCUT2D eigenvalue weighted by molar-refractivity contribution is 8.03. The van der Waals surface area contributed by atoms with Gasteiger partial charge in [-0.05, 0) is 31.6 Å². The van der Waals surface area contributed by atoms with E-state index in [2.05, 4.69) is 5.32 Å². The number of Topliss-reactive ketones (excluding diaryl/α,β-unsaturated/α-hetero) is 1. The summed E-state index contributed by atoms with van der Waals surface area (Å²) in [6.07, 6.45) is 2.24. The summed E-state index contributed by atoms with van der Waals surface area (Å²) in [5, 5.41) is 20.7. The van der Waals surface area contributed by atoms with Gasteiger partial charge >= 0.3 is 5.97 Å².